The maximum absolute atomic E-state index is 12.9. The van der Waals surface area contributed by atoms with Crippen LogP contribution in [-0.4, -0.2) is 46.6 Å². The summed E-state index contributed by atoms with van der Waals surface area (Å²) in [4.78, 5) is 17.9. The Morgan fingerprint density at radius 2 is 2.16 bits per heavy atom. The Morgan fingerprint density at radius 3 is 2.92 bits per heavy atom. The molecule has 0 aliphatic carbocycles. The Hall–Kier alpha value is -2.41. The molecule has 2 N–H and O–H groups in total. The summed E-state index contributed by atoms with van der Waals surface area (Å²) in [5, 5.41) is 0. The summed E-state index contributed by atoms with van der Waals surface area (Å²) < 4.78 is 20.4. The van der Waals surface area contributed by atoms with Crippen molar-refractivity contribution in [2.24, 2.45) is 5.73 Å². The highest BCUT2D eigenvalue weighted by Crippen LogP contribution is 2.25. The lowest BCUT2D eigenvalue weighted by molar-refractivity contribution is -0.118. The van der Waals surface area contributed by atoms with Gasteiger partial charge >= 0.3 is 0 Å². The number of likely N-dealkylation sites (tertiary alicyclic amines) is 1. The third-order valence-electron chi connectivity index (χ3n) is 4.43. The van der Waals surface area contributed by atoms with Gasteiger partial charge in [0.05, 0.1) is 0 Å². The van der Waals surface area contributed by atoms with Crippen LogP contribution in [0.25, 0.3) is 0 Å². The minimum Gasteiger partial charge on any atom is -0.492 e. The fourth-order valence-corrected chi connectivity index (χ4v) is 3.28. The molecule has 0 saturated carbocycles. The van der Waals surface area contributed by atoms with Crippen molar-refractivity contribution in [3.63, 3.8) is 0 Å². The number of carbonyl (C=O) groups excluding carboxylic acids is 1. The molecule has 3 rings (SSSR count). The summed E-state index contributed by atoms with van der Waals surface area (Å²) in [5.41, 5.74) is 5.30. The normalized spacial score (nSPS) is 18.2. The van der Waals surface area contributed by atoms with E-state index in [9.17, 15) is 9.18 Å². The van der Waals surface area contributed by atoms with Gasteiger partial charge in [-0.2, -0.15) is 0 Å². The summed E-state index contributed by atoms with van der Waals surface area (Å²) >= 11 is 0. The lowest BCUT2D eigenvalue weighted by atomic mass is 9.97. The molecule has 6 nitrogen and oxygen atoms in total. The van der Waals surface area contributed by atoms with Crippen LogP contribution in [0.2, 0.25) is 0 Å². The van der Waals surface area contributed by atoms with Crippen molar-refractivity contribution >= 4 is 5.91 Å². The molecule has 1 fully saturated rings. The van der Waals surface area contributed by atoms with Crippen molar-refractivity contribution in [2.45, 2.75) is 25.3 Å². The van der Waals surface area contributed by atoms with Crippen LogP contribution in [0.15, 0.2) is 36.7 Å². The Bertz CT molecular complexity index is 701. The lowest BCUT2D eigenvalue weighted by Gasteiger charge is -2.32. The molecule has 2 heterocycles. The Labute approximate surface area is 146 Å². The second kappa shape index (κ2) is 8.11. The summed E-state index contributed by atoms with van der Waals surface area (Å²) in [5.74, 6) is 1.25. The molecule has 0 radical (unpaired) electrons. The number of rotatable bonds is 7. The smallest absolute Gasteiger partial charge is 0.237 e. The van der Waals surface area contributed by atoms with Gasteiger partial charge in [0.1, 0.15) is 30.5 Å². The number of aromatic nitrogens is 2. The van der Waals surface area contributed by atoms with Gasteiger partial charge in [-0.05, 0) is 43.7 Å². The molecule has 1 atom stereocenters. The molecule has 0 unspecified atom stereocenters. The number of primary amides is 1. The van der Waals surface area contributed by atoms with Gasteiger partial charge in [0.15, 0.2) is 0 Å². The topological polar surface area (TPSA) is 73.4 Å². The van der Waals surface area contributed by atoms with Crippen LogP contribution in [0.5, 0.6) is 5.75 Å². The van der Waals surface area contributed by atoms with E-state index < -0.39 is 0 Å². The molecule has 1 aromatic heterocycles. The molecule has 25 heavy (non-hydrogen) atoms. The fourth-order valence-electron chi connectivity index (χ4n) is 3.28. The minimum absolute atomic E-state index is 0.166. The number of hydrogen-bond acceptors (Lipinski definition) is 4. The van der Waals surface area contributed by atoms with Crippen molar-refractivity contribution in [2.75, 3.05) is 26.2 Å². The second-order valence-corrected chi connectivity index (χ2v) is 6.32. The van der Waals surface area contributed by atoms with E-state index in [-0.39, 0.29) is 24.2 Å². The van der Waals surface area contributed by atoms with Crippen LogP contribution in [0, 0.1) is 5.82 Å². The van der Waals surface area contributed by atoms with Crippen molar-refractivity contribution in [1.29, 1.82) is 0 Å². The van der Waals surface area contributed by atoms with Gasteiger partial charge in [0.2, 0.25) is 5.91 Å². The second-order valence-electron chi connectivity index (χ2n) is 6.32. The number of hydrogen-bond donors (Lipinski definition) is 1. The third kappa shape index (κ3) is 4.79. The summed E-state index contributed by atoms with van der Waals surface area (Å²) in [7, 11) is 0. The predicted molar refractivity (Wildman–Crippen MR) is 91.7 cm³/mol. The van der Waals surface area contributed by atoms with Crippen LogP contribution in [0.3, 0.4) is 0 Å². The van der Waals surface area contributed by atoms with E-state index in [4.69, 9.17) is 10.5 Å². The van der Waals surface area contributed by atoms with Crippen molar-refractivity contribution < 1.29 is 13.9 Å². The van der Waals surface area contributed by atoms with E-state index in [1.54, 1.807) is 24.5 Å². The predicted octanol–water partition coefficient (Wildman–Crippen LogP) is 1.77. The molecule has 2 aromatic rings. The zero-order valence-corrected chi connectivity index (χ0v) is 14.1. The molecule has 134 valence electrons. The van der Waals surface area contributed by atoms with E-state index >= 15 is 0 Å². The number of halogens is 1. The van der Waals surface area contributed by atoms with Crippen molar-refractivity contribution in [1.82, 2.24) is 14.5 Å². The number of benzene rings is 1. The molecule has 1 aliphatic heterocycles. The van der Waals surface area contributed by atoms with Crippen molar-refractivity contribution in [3.05, 3.63) is 48.3 Å². The molecule has 1 aliphatic rings. The van der Waals surface area contributed by atoms with Gasteiger partial charge in [0.25, 0.3) is 0 Å². The van der Waals surface area contributed by atoms with Crippen molar-refractivity contribution in [3.8, 4) is 5.75 Å². The lowest BCUT2D eigenvalue weighted by Crippen LogP contribution is -2.38. The Morgan fingerprint density at radius 1 is 1.36 bits per heavy atom. The van der Waals surface area contributed by atoms with Gasteiger partial charge in [-0.25, -0.2) is 9.37 Å². The van der Waals surface area contributed by atoms with Crippen LogP contribution in [-0.2, 0) is 11.3 Å². The SMILES string of the molecule is NC(=O)Cn1ccnc1[C@H]1CCCN(CCOc2ccc(F)cc2)C1. The molecular weight excluding hydrogens is 323 g/mol. The Balaban J connectivity index is 1.52. The molecule has 1 saturated heterocycles. The number of carbonyl (C=O) groups is 1. The van der Waals surface area contributed by atoms with Gasteiger partial charge in [-0.15, -0.1) is 0 Å². The molecule has 1 amide bonds. The summed E-state index contributed by atoms with van der Waals surface area (Å²) in [6.45, 7) is 3.40. The van der Waals surface area contributed by atoms with E-state index in [1.807, 2.05) is 4.57 Å². The molecule has 0 spiro atoms. The van der Waals surface area contributed by atoms with E-state index in [0.29, 0.717) is 12.4 Å². The quantitative estimate of drug-likeness (QED) is 0.829. The number of imidazole rings is 1. The first-order valence-electron chi connectivity index (χ1n) is 8.52. The largest absolute Gasteiger partial charge is 0.492 e. The van der Waals surface area contributed by atoms with Crippen LogP contribution < -0.4 is 10.5 Å². The van der Waals surface area contributed by atoms with Gasteiger partial charge in [0, 0.05) is 31.4 Å². The maximum Gasteiger partial charge on any atom is 0.237 e. The number of nitrogens with zero attached hydrogens (tertiary/aromatic N) is 3. The average molecular weight is 346 g/mol. The Kier molecular flexibility index (Phi) is 5.65. The number of nitrogens with two attached hydrogens (primary N) is 1. The highest BCUT2D eigenvalue weighted by atomic mass is 19.1. The first-order chi connectivity index (χ1) is 12.1. The monoisotopic (exact) mass is 346 g/mol. The van der Waals surface area contributed by atoms with Gasteiger partial charge < -0.3 is 15.0 Å². The molecule has 0 bridgehead atoms. The van der Waals surface area contributed by atoms with Gasteiger partial charge in [-0.3, -0.25) is 9.69 Å². The highest BCUT2D eigenvalue weighted by Gasteiger charge is 2.24. The molecule has 1 aromatic carbocycles. The molecular formula is C18H23FN4O2. The fraction of sp³-hybridized carbons (Fsp3) is 0.444. The van der Waals surface area contributed by atoms with Gasteiger partial charge in [-0.1, -0.05) is 0 Å². The van der Waals surface area contributed by atoms with Crippen LogP contribution in [0.4, 0.5) is 4.39 Å². The van der Waals surface area contributed by atoms with E-state index in [2.05, 4.69) is 9.88 Å². The standard InChI is InChI=1S/C18H23FN4O2/c19-15-3-5-16(6-4-15)25-11-10-22-8-1-2-14(12-22)18-21-7-9-23(18)13-17(20)24/h3-7,9,14H,1-2,8,10-13H2,(H2,20,24)/t14-/m0/s1. The van der Waals surface area contributed by atoms with E-state index in [1.165, 1.54) is 12.1 Å². The third-order valence-corrected chi connectivity index (χ3v) is 4.43. The van der Waals surface area contributed by atoms with Crippen LogP contribution in [0.1, 0.15) is 24.6 Å². The first-order valence-corrected chi connectivity index (χ1v) is 8.52. The summed E-state index contributed by atoms with van der Waals surface area (Å²) in [6.07, 6.45) is 5.64. The first kappa shape index (κ1) is 17.4. The zero-order valence-electron chi connectivity index (χ0n) is 14.1. The number of amides is 1. The number of piperidine rings is 1. The zero-order chi connectivity index (χ0) is 17.6. The van der Waals surface area contributed by atoms with Crippen LogP contribution >= 0.6 is 0 Å². The molecule has 7 heteroatoms. The van der Waals surface area contributed by atoms with E-state index in [0.717, 1.165) is 38.3 Å². The number of ether oxygens (including phenoxy) is 1. The summed E-state index contributed by atoms with van der Waals surface area (Å²) in [6, 6.07) is 6.06. The minimum atomic E-state index is -0.361. The maximum atomic E-state index is 12.9. The average Bonchev–Trinajstić information content (AvgIpc) is 3.04. The highest BCUT2D eigenvalue weighted by molar-refractivity contribution is 5.73.